The van der Waals surface area contributed by atoms with E-state index < -0.39 is 0 Å². The minimum absolute atomic E-state index is 0.269. The van der Waals surface area contributed by atoms with Crippen molar-refractivity contribution in [3.63, 3.8) is 0 Å². The molecule has 1 aromatic rings. The van der Waals surface area contributed by atoms with E-state index in [0.717, 1.165) is 17.5 Å². The summed E-state index contributed by atoms with van der Waals surface area (Å²) in [6.07, 6.45) is 9.59. The second-order valence-electron chi connectivity index (χ2n) is 6.53. The normalized spacial score (nSPS) is 28.5. The Balaban J connectivity index is 1.62. The lowest BCUT2D eigenvalue weighted by atomic mass is 9.69. The third kappa shape index (κ3) is 3.39. The van der Waals surface area contributed by atoms with Crippen LogP contribution >= 0.6 is 0 Å². The highest BCUT2D eigenvalue weighted by Crippen LogP contribution is 2.41. The van der Waals surface area contributed by atoms with Gasteiger partial charge in [-0.25, -0.2) is 4.79 Å². The molecule has 21 heavy (non-hydrogen) atoms. The fraction of sp³-hybridized carbons (Fsp3) is 0.611. The lowest BCUT2D eigenvalue weighted by Crippen LogP contribution is -2.34. The minimum Gasteiger partial charge on any atom is -0.465 e. The van der Waals surface area contributed by atoms with E-state index in [1.807, 2.05) is 18.2 Å². The first kappa shape index (κ1) is 14.4. The summed E-state index contributed by atoms with van der Waals surface area (Å²) in [4.78, 5) is 11.6. The summed E-state index contributed by atoms with van der Waals surface area (Å²) in [5, 5.41) is 3.63. The van der Waals surface area contributed by atoms with Gasteiger partial charge in [0.25, 0.3) is 0 Å². The summed E-state index contributed by atoms with van der Waals surface area (Å²) in [7, 11) is 1.42. The van der Waals surface area contributed by atoms with Gasteiger partial charge in [0, 0.05) is 11.7 Å². The number of anilines is 1. The molecule has 3 unspecified atom stereocenters. The van der Waals surface area contributed by atoms with Crippen molar-refractivity contribution in [2.75, 3.05) is 12.4 Å². The topological polar surface area (TPSA) is 38.3 Å². The van der Waals surface area contributed by atoms with Crippen LogP contribution in [0.25, 0.3) is 0 Å². The van der Waals surface area contributed by atoms with E-state index in [4.69, 9.17) is 4.74 Å². The lowest BCUT2D eigenvalue weighted by Gasteiger charge is -2.39. The highest BCUT2D eigenvalue weighted by molar-refractivity contribution is 5.90. The zero-order valence-corrected chi connectivity index (χ0v) is 12.8. The Kier molecular flexibility index (Phi) is 4.47. The first-order valence-corrected chi connectivity index (χ1v) is 8.21. The second kappa shape index (κ2) is 6.50. The Morgan fingerprint density at radius 3 is 2.76 bits per heavy atom. The predicted molar refractivity (Wildman–Crippen MR) is 84.5 cm³/mol. The number of methoxy groups -OCH3 is 1. The van der Waals surface area contributed by atoms with E-state index in [9.17, 15) is 4.79 Å². The van der Waals surface area contributed by atoms with Crippen LogP contribution < -0.4 is 5.32 Å². The molecule has 2 aliphatic rings. The fourth-order valence-corrected chi connectivity index (χ4v) is 4.09. The SMILES string of the molecule is COC(=O)c1cccc(NC2CCC3CCCCC3C2)c1. The van der Waals surface area contributed by atoms with Crippen molar-refractivity contribution in [1.29, 1.82) is 0 Å². The molecule has 2 saturated carbocycles. The molecular weight excluding hydrogens is 262 g/mol. The predicted octanol–water partition coefficient (Wildman–Crippen LogP) is 4.24. The number of fused-ring (bicyclic) bond motifs is 1. The Labute approximate surface area is 127 Å². The largest absolute Gasteiger partial charge is 0.465 e. The molecule has 1 aromatic carbocycles. The number of ether oxygens (including phenoxy) is 1. The van der Waals surface area contributed by atoms with Crippen molar-refractivity contribution >= 4 is 11.7 Å². The van der Waals surface area contributed by atoms with E-state index in [1.54, 1.807) is 6.07 Å². The van der Waals surface area contributed by atoms with Gasteiger partial charge in [-0.2, -0.15) is 0 Å². The third-order valence-corrected chi connectivity index (χ3v) is 5.19. The summed E-state index contributed by atoms with van der Waals surface area (Å²) in [5.41, 5.74) is 1.66. The highest BCUT2D eigenvalue weighted by Gasteiger charge is 2.32. The van der Waals surface area contributed by atoms with Gasteiger partial charge in [0.2, 0.25) is 0 Å². The van der Waals surface area contributed by atoms with Crippen molar-refractivity contribution in [3.05, 3.63) is 29.8 Å². The van der Waals surface area contributed by atoms with Crippen LogP contribution in [0.1, 0.15) is 55.3 Å². The van der Waals surface area contributed by atoms with Crippen molar-refractivity contribution in [1.82, 2.24) is 0 Å². The van der Waals surface area contributed by atoms with Crippen molar-refractivity contribution in [2.24, 2.45) is 11.8 Å². The Morgan fingerprint density at radius 2 is 1.95 bits per heavy atom. The summed E-state index contributed by atoms with van der Waals surface area (Å²) < 4.78 is 4.79. The summed E-state index contributed by atoms with van der Waals surface area (Å²) in [6, 6.07) is 8.21. The average molecular weight is 287 g/mol. The zero-order valence-electron chi connectivity index (χ0n) is 12.8. The molecule has 2 fully saturated rings. The number of rotatable bonds is 3. The number of esters is 1. The molecule has 0 heterocycles. The standard InChI is InChI=1S/C18H25NO2/c1-21-18(20)15-7-4-8-16(12-15)19-17-10-9-13-5-2-3-6-14(13)11-17/h4,7-8,12-14,17,19H,2-3,5-6,9-11H2,1H3. The van der Waals surface area contributed by atoms with Gasteiger partial charge in [0.05, 0.1) is 12.7 Å². The maximum Gasteiger partial charge on any atom is 0.337 e. The van der Waals surface area contributed by atoms with Gasteiger partial charge < -0.3 is 10.1 Å². The van der Waals surface area contributed by atoms with Crippen molar-refractivity contribution < 1.29 is 9.53 Å². The molecule has 3 nitrogen and oxygen atoms in total. The molecule has 1 N–H and O–H groups in total. The van der Waals surface area contributed by atoms with E-state index in [1.165, 1.54) is 52.1 Å². The maximum absolute atomic E-state index is 11.6. The number of nitrogens with one attached hydrogen (secondary N) is 1. The van der Waals surface area contributed by atoms with Gasteiger partial charge >= 0.3 is 5.97 Å². The number of carbonyl (C=O) groups excluding carboxylic acids is 1. The van der Waals surface area contributed by atoms with Gasteiger partial charge in [-0.1, -0.05) is 31.7 Å². The molecule has 0 aliphatic heterocycles. The van der Waals surface area contributed by atoms with Crippen LogP contribution in [0, 0.1) is 11.8 Å². The van der Waals surface area contributed by atoms with Crippen LogP contribution in [-0.4, -0.2) is 19.1 Å². The first-order valence-electron chi connectivity index (χ1n) is 8.21. The van der Waals surface area contributed by atoms with Crippen LogP contribution in [0.3, 0.4) is 0 Å². The van der Waals surface area contributed by atoms with Crippen LogP contribution in [0.2, 0.25) is 0 Å². The van der Waals surface area contributed by atoms with Gasteiger partial charge in [-0.05, 0) is 49.3 Å². The van der Waals surface area contributed by atoms with E-state index >= 15 is 0 Å². The van der Waals surface area contributed by atoms with Gasteiger partial charge in [0.15, 0.2) is 0 Å². The Hall–Kier alpha value is -1.51. The van der Waals surface area contributed by atoms with Crippen LogP contribution in [0.4, 0.5) is 5.69 Å². The molecule has 0 bridgehead atoms. The van der Waals surface area contributed by atoms with Crippen LogP contribution in [0.5, 0.6) is 0 Å². The number of hydrogen-bond donors (Lipinski definition) is 1. The third-order valence-electron chi connectivity index (χ3n) is 5.19. The lowest BCUT2D eigenvalue weighted by molar-refractivity contribution is 0.0601. The molecule has 3 heteroatoms. The van der Waals surface area contributed by atoms with Crippen molar-refractivity contribution in [3.8, 4) is 0 Å². The molecule has 0 radical (unpaired) electrons. The van der Waals surface area contributed by atoms with Gasteiger partial charge in [-0.15, -0.1) is 0 Å². The molecule has 0 saturated heterocycles. The molecule has 0 spiro atoms. The second-order valence-corrected chi connectivity index (χ2v) is 6.53. The molecule has 0 amide bonds. The molecule has 3 atom stereocenters. The maximum atomic E-state index is 11.6. The number of carbonyl (C=O) groups is 1. The van der Waals surface area contributed by atoms with Crippen molar-refractivity contribution in [2.45, 2.75) is 51.0 Å². The van der Waals surface area contributed by atoms with Crippen LogP contribution in [-0.2, 0) is 4.74 Å². The summed E-state index contributed by atoms with van der Waals surface area (Å²) in [6.45, 7) is 0. The highest BCUT2D eigenvalue weighted by atomic mass is 16.5. The average Bonchev–Trinajstić information content (AvgIpc) is 2.54. The Bertz CT molecular complexity index is 500. The molecule has 0 aromatic heterocycles. The minimum atomic E-state index is -0.269. The molecular formula is C18H25NO2. The number of hydrogen-bond acceptors (Lipinski definition) is 3. The smallest absolute Gasteiger partial charge is 0.337 e. The van der Waals surface area contributed by atoms with Gasteiger partial charge in [-0.3, -0.25) is 0 Å². The van der Waals surface area contributed by atoms with E-state index in [2.05, 4.69) is 5.32 Å². The Morgan fingerprint density at radius 1 is 1.14 bits per heavy atom. The fourth-order valence-electron chi connectivity index (χ4n) is 4.09. The molecule has 3 rings (SSSR count). The monoisotopic (exact) mass is 287 g/mol. The quantitative estimate of drug-likeness (QED) is 0.845. The molecule has 2 aliphatic carbocycles. The van der Waals surface area contributed by atoms with Crippen LogP contribution in [0.15, 0.2) is 24.3 Å². The molecule has 114 valence electrons. The first-order chi connectivity index (χ1) is 10.3. The van der Waals surface area contributed by atoms with E-state index in [0.29, 0.717) is 11.6 Å². The van der Waals surface area contributed by atoms with E-state index in [-0.39, 0.29) is 5.97 Å². The summed E-state index contributed by atoms with van der Waals surface area (Å²) >= 11 is 0. The number of benzene rings is 1. The zero-order chi connectivity index (χ0) is 14.7. The summed E-state index contributed by atoms with van der Waals surface area (Å²) in [5.74, 6) is 1.61. The van der Waals surface area contributed by atoms with Gasteiger partial charge in [0.1, 0.15) is 0 Å².